The summed E-state index contributed by atoms with van der Waals surface area (Å²) in [5, 5.41) is 4.01. The highest BCUT2D eigenvalue weighted by Crippen LogP contribution is 2.33. The number of halogens is 1. The molecule has 2 aliphatic heterocycles. The van der Waals surface area contributed by atoms with Gasteiger partial charge in [0.05, 0.1) is 24.3 Å². The summed E-state index contributed by atoms with van der Waals surface area (Å²) in [6.45, 7) is 4.97. The summed E-state index contributed by atoms with van der Waals surface area (Å²) in [7, 11) is 0. The number of aromatic nitrogens is 2. The van der Waals surface area contributed by atoms with Gasteiger partial charge in [-0.1, -0.05) is 6.92 Å². The molecule has 4 heterocycles. The van der Waals surface area contributed by atoms with Crippen molar-refractivity contribution in [3.05, 3.63) is 40.2 Å². The summed E-state index contributed by atoms with van der Waals surface area (Å²) in [5.74, 6) is 0.200. The number of hydrogen-bond donors (Lipinski definition) is 0. The number of ether oxygens (including phenoxy) is 1. The zero-order valence-corrected chi connectivity index (χ0v) is 16.9. The largest absolute Gasteiger partial charge is 0.371 e. The molecule has 4 rings (SSSR count). The lowest BCUT2D eigenvalue weighted by atomic mass is 9.89. The van der Waals surface area contributed by atoms with Crippen molar-refractivity contribution in [1.29, 1.82) is 0 Å². The first-order valence-corrected chi connectivity index (χ1v) is 10.7. The van der Waals surface area contributed by atoms with Crippen LogP contribution in [0.3, 0.4) is 0 Å². The van der Waals surface area contributed by atoms with Crippen molar-refractivity contribution in [2.45, 2.75) is 38.2 Å². The molecule has 28 heavy (non-hydrogen) atoms. The van der Waals surface area contributed by atoms with Crippen molar-refractivity contribution in [3.63, 3.8) is 0 Å². The number of thiophene rings is 1. The fourth-order valence-electron chi connectivity index (χ4n) is 4.03. The Labute approximate surface area is 168 Å². The fraction of sp³-hybridized carbons (Fsp3) is 0.550. The van der Waals surface area contributed by atoms with Crippen molar-refractivity contribution in [2.75, 3.05) is 37.7 Å². The summed E-state index contributed by atoms with van der Waals surface area (Å²) in [6.07, 6.45) is 3.94. The lowest BCUT2D eigenvalue weighted by Gasteiger charge is -2.47. The molecule has 2 fully saturated rings. The van der Waals surface area contributed by atoms with Gasteiger partial charge in [-0.2, -0.15) is 11.3 Å². The van der Waals surface area contributed by atoms with Crippen molar-refractivity contribution < 1.29 is 13.9 Å². The molecule has 6 nitrogen and oxygen atoms in total. The zero-order chi connectivity index (χ0) is 19.6. The molecule has 0 bridgehead atoms. The van der Waals surface area contributed by atoms with Crippen molar-refractivity contribution in [3.8, 4) is 0 Å². The first-order chi connectivity index (χ1) is 13.6. The van der Waals surface area contributed by atoms with Crippen LogP contribution in [0, 0.1) is 5.82 Å². The van der Waals surface area contributed by atoms with E-state index in [4.69, 9.17) is 4.74 Å². The Kier molecular flexibility index (Phi) is 5.59. The Morgan fingerprint density at radius 2 is 2.14 bits per heavy atom. The molecule has 0 atom stereocenters. The van der Waals surface area contributed by atoms with Gasteiger partial charge < -0.3 is 14.5 Å². The number of carbonyl (C=O) groups is 1. The predicted octanol–water partition coefficient (Wildman–Crippen LogP) is 2.68. The van der Waals surface area contributed by atoms with Gasteiger partial charge in [-0.3, -0.25) is 4.79 Å². The molecule has 2 aromatic heterocycles. The van der Waals surface area contributed by atoms with Crippen LogP contribution in [-0.2, 0) is 22.4 Å². The summed E-state index contributed by atoms with van der Waals surface area (Å²) < 4.78 is 20.8. The summed E-state index contributed by atoms with van der Waals surface area (Å²) in [5.41, 5.74) is 1.17. The Balaban J connectivity index is 1.40. The molecule has 2 aliphatic rings. The van der Waals surface area contributed by atoms with E-state index in [0.29, 0.717) is 57.1 Å². The Bertz CT molecular complexity index is 822. The average molecular weight is 405 g/mol. The fourth-order valence-corrected chi connectivity index (χ4v) is 4.70. The molecule has 1 amide bonds. The highest BCUT2D eigenvalue weighted by Gasteiger charge is 2.41. The van der Waals surface area contributed by atoms with E-state index in [1.165, 1.54) is 6.33 Å². The van der Waals surface area contributed by atoms with Crippen LogP contribution < -0.4 is 4.90 Å². The van der Waals surface area contributed by atoms with Gasteiger partial charge in [0.2, 0.25) is 5.91 Å². The normalized spacial score (nSPS) is 19.2. The van der Waals surface area contributed by atoms with E-state index in [9.17, 15) is 9.18 Å². The van der Waals surface area contributed by atoms with Gasteiger partial charge in [-0.15, -0.1) is 0 Å². The zero-order valence-electron chi connectivity index (χ0n) is 16.1. The van der Waals surface area contributed by atoms with Gasteiger partial charge in [0.15, 0.2) is 11.6 Å². The molecule has 0 aromatic carbocycles. The smallest absolute Gasteiger partial charge is 0.227 e. The molecular formula is C20H25FN4O2S. The minimum atomic E-state index is -0.346. The topological polar surface area (TPSA) is 58.6 Å². The Morgan fingerprint density at radius 1 is 1.32 bits per heavy atom. The van der Waals surface area contributed by atoms with Crippen LogP contribution in [-0.4, -0.2) is 59.2 Å². The molecule has 1 spiro atoms. The second-order valence-corrected chi connectivity index (χ2v) is 8.23. The summed E-state index contributed by atoms with van der Waals surface area (Å²) >= 11 is 1.61. The van der Waals surface area contributed by atoms with Gasteiger partial charge in [0.25, 0.3) is 0 Å². The second kappa shape index (κ2) is 8.13. The maximum atomic E-state index is 14.7. The Morgan fingerprint density at radius 3 is 2.86 bits per heavy atom. The van der Waals surface area contributed by atoms with E-state index in [2.05, 4.69) is 9.97 Å². The number of carbonyl (C=O) groups excluding carboxylic acids is 1. The van der Waals surface area contributed by atoms with E-state index >= 15 is 0 Å². The van der Waals surface area contributed by atoms with E-state index in [1.54, 1.807) is 11.3 Å². The van der Waals surface area contributed by atoms with Gasteiger partial charge in [0, 0.05) is 26.2 Å². The molecule has 0 saturated carbocycles. The highest BCUT2D eigenvalue weighted by molar-refractivity contribution is 7.08. The quantitative estimate of drug-likeness (QED) is 0.784. The van der Waals surface area contributed by atoms with Crippen LogP contribution in [0.15, 0.2) is 23.2 Å². The van der Waals surface area contributed by atoms with Crippen molar-refractivity contribution >= 4 is 23.1 Å². The molecule has 2 aromatic rings. The highest BCUT2D eigenvalue weighted by atomic mass is 32.1. The lowest BCUT2D eigenvalue weighted by Crippen LogP contribution is -2.58. The maximum absolute atomic E-state index is 14.7. The third-order valence-electron chi connectivity index (χ3n) is 5.69. The number of morpholine rings is 1. The van der Waals surface area contributed by atoms with Crippen LogP contribution in [0.5, 0.6) is 0 Å². The average Bonchev–Trinajstić information content (AvgIpc) is 3.22. The third-order valence-corrected chi connectivity index (χ3v) is 6.42. The summed E-state index contributed by atoms with van der Waals surface area (Å²) in [4.78, 5) is 24.7. The van der Waals surface area contributed by atoms with Gasteiger partial charge in [-0.25, -0.2) is 14.4 Å². The van der Waals surface area contributed by atoms with Gasteiger partial charge >= 0.3 is 0 Å². The van der Waals surface area contributed by atoms with E-state index < -0.39 is 0 Å². The molecule has 150 valence electrons. The third kappa shape index (κ3) is 3.89. The van der Waals surface area contributed by atoms with E-state index in [1.807, 2.05) is 33.6 Å². The van der Waals surface area contributed by atoms with E-state index in [0.717, 1.165) is 18.4 Å². The molecule has 0 radical (unpaired) electrons. The number of likely N-dealkylation sites (tertiary alicyclic amines) is 1. The monoisotopic (exact) mass is 404 g/mol. The first kappa shape index (κ1) is 19.3. The molecular weight excluding hydrogens is 379 g/mol. The molecule has 0 unspecified atom stereocenters. The van der Waals surface area contributed by atoms with Crippen LogP contribution in [0.4, 0.5) is 10.2 Å². The number of hydrogen-bond acceptors (Lipinski definition) is 6. The van der Waals surface area contributed by atoms with Crippen LogP contribution in [0.25, 0.3) is 0 Å². The molecule has 0 N–H and O–H groups in total. The van der Waals surface area contributed by atoms with Crippen LogP contribution in [0.1, 0.15) is 31.0 Å². The maximum Gasteiger partial charge on any atom is 0.227 e. The standard InChI is InChI=1S/C20H25FN4O2S/c1-2-16-18(21)19(23-14-22-16)25-8-9-27-20(13-25)4-6-24(7-5-20)17(26)11-15-3-10-28-12-15/h3,10,12,14H,2,4-9,11,13H2,1H3. The number of rotatable bonds is 4. The molecule has 0 aliphatic carbocycles. The first-order valence-electron chi connectivity index (χ1n) is 9.77. The molecule has 2 saturated heterocycles. The van der Waals surface area contributed by atoms with E-state index in [-0.39, 0.29) is 17.3 Å². The Hall–Kier alpha value is -2.06. The number of anilines is 1. The van der Waals surface area contributed by atoms with Crippen molar-refractivity contribution in [2.24, 2.45) is 0 Å². The minimum Gasteiger partial charge on any atom is -0.371 e. The van der Waals surface area contributed by atoms with Crippen molar-refractivity contribution in [1.82, 2.24) is 14.9 Å². The number of piperidine rings is 1. The summed E-state index contributed by atoms with van der Waals surface area (Å²) in [6, 6.07) is 2.00. The van der Waals surface area contributed by atoms with Gasteiger partial charge in [0.1, 0.15) is 6.33 Å². The predicted molar refractivity (Wildman–Crippen MR) is 106 cm³/mol. The van der Waals surface area contributed by atoms with Gasteiger partial charge in [-0.05, 0) is 41.7 Å². The second-order valence-electron chi connectivity index (χ2n) is 7.45. The lowest BCUT2D eigenvalue weighted by molar-refractivity contribution is -0.138. The number of amides is 1. The van der Waals surface area contributed by atoms with Crippen LogP contribution in [0.2, 0.25) is 0 Å². The molecule has 8 heteroatoms. The SMILES string of the molecule is CCc1ncnc(N2CCOC3(CCN(C(=O)Cc4ccsc4)CC3)C2)c1F. The minimum absolute atomic E-state index is 0.162. The van der Waals surface area contributed by atoms with Crippen LogP contribution >= 0.6 is 11.3 Å². The number of nitrogens with zero attached hydrogens (tertiary/aromatic N) is 4. The number of aryl methyl sites for hydroxylation is 1.